The van der Waals surface area contributed by atoms with Crippen molar-refractivity contribution < 1.29 is 24.2 Å². The number of amides is 2. The lowest BCUT2D eigenvalue weighted by Crippen LogP contribution is -2.57. The van der Waals surface area contributed by atoms with Gasteiger partial charge in [-0.3, -0.25) is 14.5 Å². The molecule has 1 aliphatic rings. The fourth-order valence-electron chi connectivity index (χ4n) is 4.36. The maximum Gasteiger partial charge on any atom is 0.335 e. The van der Waals surface area contributed by atoms with E-state index in [1.807, 2.05) is 0 Å². The summed E-state index contributed by atoms with van der Waals surface area (Å²) in [5.74, 6) is -2.98. The number of benzene rings is 3. The topological polar surface area (TPSA) is 83.9 Å². The largest absolute Gasteiger partial charge is 0.497 e. The molecule has 6 heteroatoms. The molecule has 4 rings (SSSR count). The Morgan fingerprint density at radius 1 is 0.938 bits per heavy atom. The van der Waals surface area contributed by atoms with Crippen LogP contribution < -0.4 is 4.74 Å². The number of hydrogen-bond acceptors (Lipinski definition) is 4. The molecule has 0 saturated carbocycles. The highest BCUT2D eigenvalue weighted by atomic mass is 16.5. The quantitative estimate of drug-likeness (QED) is 0.450. The summed E-state index contributed by atoms with van der Waals surface area (Å²) in [6.45, 7) is 3.88. The number of carboxylic acid groups (broad SMARTS) is 1. The van der Waals surface area contributed by atoms with Crippen molar-refractivity contribution in [3.8, 4) is 5.75 Å². The fourth-order valence-corrected chi connectivity index (χ4v) is 4.36. The van der Waals surface area contributed by atoms with Crippen molar-refractivity contribution in [3.63, 3.8) is 0 Å². The Labute approximate surface area is 185 Å². The molecule has 0 spiro atoms. The molecule has 0 radical (unpaired) electrons. The third kappa shape index (κ3) is 3.00. The van der Waals surface area contributed by atoms with Gasteiger partial charge >= 0.3 is 5.97 Å². The number of carbonyl (C=O) groups is 3. The van der Waals surface area contributed by atoms with Crippen LogP contribution in [0.1, 0.15) is 37.8 Å². The Kier molecular flexibility index (Phi) is 5.36. The molecular formula is C26H21NO5. The van der Waals surface area contributed by atoms with Gasteiger partial charge in [-0.25, -0.2) is 4.79 Å². The van der Waals surface area contributed by atoms with E-state index >= 15 is 0 Å². The van der Waals surface area contributed by atoms with Gasteiger partial charge in [0.25, 0.3) is 11.8 Å². The fraction of sp³-hybridized carbons (Fsp3) is 0.115. The van der Waals surface area contributed by atoms with Crippen LogP contribution in [0.4, 0.5) is 0 Å². The summed E-state index contributed by atoms with van der Waals surface area (Å²) in [5.41, 5.74) is -0.829. The zero-order valence-corrected chi connectivity index (χ0v) is 17.4. The van der Waals surface area contributed by atoms with E-state index in [1.165, 1.54) is 25.3 Å². The van der Waals surface area contributed by atoms with E-state index in [-0.39, 0.29) is 11.1 Å². The molecule has 1 aliphatic heterocycles. The van der Waals surface area contributed by atoms with Gasteiger partial charge in [-0.1, -0.05) is 60.7 Å². The molecular weight excluding hydrogens is 406 g/mol. The number of rotatable bonds is 7. The molecule has 2 atom stereocenters. The number of fused-ring (bicyclic) bond motifs is 1. The SMILES string of the molecule is C=C[C@H](c1ccc(OC)cc1)[C@@](C(=O)O)(c1ccccc1)N1C(=O)c2ccccc2C1=O. The number of carbonyl (C=O) groups excluding carboxylic acids is 2. The third-order valence-corrected chi connectivity index (χ3v) is 5.85. The maximum absolute atomic E-state index is 13.5. The summed E-state index contributed by atoms with van der Waals surface area (Å²) in [4.78, 5) is 40.9. The standard InChI is InChI=1S/C26H21NO5/c1-3-22(17-13-15-19(32-2)16-14-17)26(25(30)31,18-9-5-4-6-10-18)27-23(28)20-11-7-8-12-21(20)24(27)29/h3-16,22H,1H2,2H3,(H,30,31)/t22-,26-/m1/s1. The zero-order valence-electron chi connectivity index (χ0n) is 17.4. The Morgan fingerprint density at radius 2 is 1.47 bits per heavy atom. The minimum Gasteiger partial charge on any atom is -0.497 e. The van der Waals surface area contributed by atoms with E-state index in [4.69, 9.17) is 4.74 Å². The Balaban J connectivity index is 2.01. The van der Waals surface area contributed by atoms with Gasteiger partial charge in [0.15, 0.2) is 5.54 Å². The number of nitrogens with zero attached hydrogens (tertiary/aromatic N) is 1. The first-order valence-corrected chi connectivity index (χ1v) is 10.00. The van der Waals surface area contributed by atoms with Crippen molar-refractivity contribution in [1.82, 2.24) is 4.90 Å². The number of aliphatic carboxylic acids is 1. The van der Waals surface area contributed by atoms with Crippen LogP contribution in [0.2, 0.25) is 0 Å². The molecule has 0 aromatic heterocycles. The number of methoxy groups -OCH3 is 1. The van der Waals surface area contributed by atoms with Crippen molar-refractivity contribution in [2.75, 3.05) is 7.11 Å². The third-order valence-electron chi connectivity index (χ3n) is 5.85. The second-order valence-electron chi connectivity index (χ2n) is 7.42. The summed E-state index contributed by atoms with van der Waals surface area (Å²) in [5, 5.41) is 10.7. The number of ether oxygens (including phenoxy) is 1. The van der Waals surface area contributed by atoms with Gasteiger partial charge in [0.1, 0.15) is 5.75 Å². The first-order valence-electron chi connectivity index (χ1n) is 10.00. The molecule has 32 heavy (non-hydrogen) atoms. The summed E-state index contributed by atoms with van der Waals surface area (Å²) in [6.07, 6.45) is 1.46. The molecule has 1 heterocycles. The van der Waals surface area contributed by atoms with Gasteiger partial charge in [-0.15, -0.1) is 6.58 Å². The maximum atomic E-state index is 13.5. The molecule has 0 unspecified atom stereocenters. The van der Waals surface area contributed by atoms with Crippen molar-refractivity contribution >= 4 is 17.8 Å². The molecule has 0 fully saturated rings. The van der Waals surface area contributed by atoms with Crippen molar-refractivity contribution in [2.24, 2.45) is 0 Å². The number of imide groups is 1. The summed E-state index contributed by atoms with van der Waals surface area (Å²) in [6, 6.07) is 21.5. The van der Waals surface area contributed by atoms with Gasteiger partial charge in [0.2, 0.25) is 0 Å². The Morgan fingerprint density at radius 3 is 1.94 bits per heavy atom. The van der Waals surface area contributed by atoms with Gasteiger partial charge in [-0.2, -0.15) is 0 Å². The summed E-state index contributed by atoms with van der Waals surface area (Å²) in [7, 11) is 1.53. The van der Waals surface area contributed by atoms with E-state index in [9.17, 15) is 19.5 Å². The van der Waals surface area contributed by atoms with Crippen LogP contribution >= 0.6 is 0 Å². The lowest BCUT2D eigenvalue weighted by Gasteiger charge is -2.42. The van der Waals surface area contributed by atoms with Gasteiger partial charge in [0.05, 0.1) is 18.2 Å². The first kappa shape index (κ1) is 21.1. The van der Waals surface area contributed by atoms with Gasteiger partial charge in [-0.05, 0) is 35.4 Å². The Hall–Kier alpha value is -4.19. The number of carboxylic acids is 1. The van der Waals surface area contributed by atoms with E-state index in [2.05, 4.69) is 6.58 Å². The molecule has 2 amide bonds. The van der Waals surface area contributed by atoms with Crippen molar-refractivity contribution in [1.29, 1.82) is 0 Å². The van der Waals surface area contributed by atoms with Crippen LogP contribution in [0.25, 0.3) is 0 Å². The minimum absolute atomic E-state index is 0.177. The van der Waals surface area contributed by atoms with E-state index in [0.717, 1.165) is 4.90 Å². The van der Waals surface area contributed by atoms with E-state index in [0.29, 0.717) is 16.9 Å². The zero-order chi connectivity index (χ0) is 22.9. The summed E-state index contributed by atoms with van der Waals surface area (Å²) >= 11 is 0. The molecule has 0 saturated heterocycles. The van der Waals surface area contributed by atoms with Crippen LogP contribution in [-0.2, 0) is 10.3 Å². The minimum atomic E-state index is -2.05. The van der Waals surface area contributed by atoms with Crippen molar-refractivity contribution in [2.45, 2.75) is 11.5 Å². The second-order valence-corrected chi connectivity index (χ2v) is 7.42. The average molecular weight is 427 g/mol. The molecule has 0 aliphatic carbocycles. The predicted molar refractivity (Wildman–Crippen MR) is 119 cm³/mol. The average Bonchev–Trinajstić information content (AvgIpc) is 3.08. The van der Waals surface area contributed by atoms with Crippen LogP contribution in [0.15, 0.2) is 91.5 Å². The highest BCUT2D eigenvalue weighted by molar-refractivity contribution is 6.23. The number of hydrogen-bond donors (Lipinski definition) is 1. The van der Waals surface area contributed by atoms with Crippen LogP contribution in [0.5, 0.6) is 5.75 Å². The normalized spacial score (nSPS) is 15.6. The van der Waals surface area contributed by atoms with Gasteiger partial charge < -0.3 is 9.84 Å². The predicted octanol–water partition coefficient (Wildman–Crippen LogP) is 4.24. The second kappa shape index (κ2) is 8.15. The van der Waals surface area contributed by atoms with Crippen molar-refractivity contribution in [3.05, 3.63) is 114 Å². The highest BCUT2D eigenvalue weighted by Gasteiger charge is 2.59. The molecule has 1 N–H and O–H groups in total. The molecule has 160 valence electrons. The lowest BCUT2D eigenvalue weighted by molar-refractivity contribution is -0.150. The molecule has 0 bridgehead atoms. The van der Waals surface area contributed by atoms with E-state index < -0.39 is 29.2 Å². The lowest BCUT2D eigenvalue weighted by atomic mass is 9.73. The molecule has 3 aromatic carbocycles. The highest BCUT2D eigenvalue weighted by Crippen LogP contribution is 2.47. The van der Waals surface area contributed by atoms with Crippen LogP contribution in [-0.4, -0.2) is 34.9 Å². The Bertz CT molecular complexity index is 1170. The molecule has 3 aromatic rings. The first-order chi connectivity index (χ1) is 15.5. The van der Waals surface area contributed by atoms with E-state index in [1.54, 1.807) is 66.7 Å². The van der Waals surface area contributed by atoms with Gasteiger partial charge in [0, 0.05) is 5.92 Å². The molecule has 6 nitrogen and oxygen atoms in total. The van der Waals surface area contributed by atoms with Crippen LogP contribution in [0, 0.1) is 0 Å². The summed E-state index contributed by atoms with van der Waals surface area (Å²) < 4.78 is 5.22. The monoisotopic (exact) mass is 427 g/mol. The van der Waals surface area contributed by atoms with Crippen LogP contribution in [0.3, 0.4) is 0 Å². The smallest absolute Gasteiger partial charge is 0.335 e.